The molecule has 0 aliphatic carbocycles. The van der Waals surface area contributed by atoms with Crippen LogP contribution in [0.4, 0.5) is 4.79 Å². The van der Waals surface area contributed by atoms with Gasteiger partial charge in [0, 0.05) is 19.6 Å². The number of hydrogen-bond donors (Lipinski definition) is 1. The van der Waals surface area contributed by atoms with Crippen molar-refractivity contribution < 1.29 is 19.0 Å². The minimum atomic E-state index is -0.490. The van der Waals surface area contributed by atoms with Crippen LogP contribution in [0.2, 0.25) is 0 Å². The maximum Gasteiger partial charge on any atom is 0.410 e. The highest BCUT2D eigenvalue weighted by atomic mass is 16.6. The van der Waals surface area contributed by atoms with Gasteiger partial charge in [0.15, 0.2) is 11.5 Å². The van der Waals surface area contributed by atoms with E-state index in [-0.39, 0.29) is 12.1 Å². The molecule has 6 nitrogen and oxygen atoms in total. The SMILES string of the molecule is COc1ccc(C[C@H]2CNCCN2C(=O)OC(C)(C)C)cc1OC. The van der Waals surface area contributed by atoms with Gasteiger partial charge in [0.2, 0.25) is 0 Å². The lowest BCUT2D eigenvalue weighted by Crippen LogP contribution is -2.55. The summed E-state index contributed by atoms with van der Waals surface area (Å²) in [7, 11) is 3.24. The van der Waals surface area contributed by atoms with E-state index in [2.05, 4.69) is 5.32 Å². The van der Waals surface area contributed by atoms with Gasteiger partial charge in [-0.05, 0) is 44.9 Å². The Labute approximate surface area is 144 Å². The van der Waals surface area contributed by atoms with E-state index < -0.39 is 5.60 Å². The molecular formula is C18H28N2O4. The Morgan fingerprint density at radius 1 is 1.25 bits per heavy atom. The highest BCUT2D eigenvalue weighted by Gasteiger charge is 2.30. The van der Waals surface area contributed by atoms with Gasteiger partial charge in [0.05, 0.1) is 20.3 Å². The van der Waals surface area contributed by atoms with Gasteiger partial charge in [0.1, 0.15) is 5.60 Å². The molecule has 1 saturated heterocycles. The lowest BCUT2D eigenvalue weighted by molar-refractivity contribution is 0.0122. The van der Waals surface area contributed by atoms with Gasteiger partial charge in [-0.3, -0.25) is 0 Å². The Morgan fingerprint density at radius 3 is 2.58 bits per heavy atom. The van der Waals surface area contributed by atoms with Gasteiger partial charge >= 0.3 is 6.09 Å². The Bertz CT molecular complexity index is 569. The molecule has 1 aliphatic heterocycles. The van der Waals surface area contributed by atoms with E-state index in [1.54, 1.807) is 14.2 Å². The predicted octanol–water partition coefficient (Wildman–Crippen LogP) is 2.46. The van der Waals surface area contributed by atoms with Crippen LogP contribution in [-0.4, -0.2) is 56.5 Å². The van der Waals surface area contributed by atoms with Crippen molar-refractivity contribution in [1.82, 2.24) is 10.2 Å². The molecule has 0 spiro atoms. The molecule has 0 saturated carbocycles. The topological polar surface area (TPSA) is 60.0 Å². The lowest BCUT2D eigenvalue weighted by atomic mass is 10.0. The smallest absolute Gasteiger partial charge is 0.410 e. The first kappa shape index (κ1) is 18.4. The van der Waals surface area contributed by atoms with Crippen molar-refractivity contribution in [3.8, 4) is 11.5 Å². The van der Waals surface area contributed by atoms with E-state index >= 15 is 0 Å². The first-order valence-corrected chi connectivity index (χ1v) is 8.25. The fourth-order valence-electron chi connectivity index (χ4n) is 2.78. The third kappa shape index (κ3) is 4.77. The van der Waals surface area contributed by atoms with E-state index in [4.69, 9.17) is 14.2 Å². The second kappa shape index (κ2) is 7.75. The largest absolute Gasteiger partial charge is 0.493 e. The number of nitrogens with one attached hydrogen (secondary N) is 1. The van der Waals surface area contributed by atoms with Gasteiger partial charge in [-0.1, -0.05) is 6.07 Å². The molecular weight excluding hydrogens is 308 g/mol. The molecule has 1 N–H and O–H groups in total. The van der Waals surface area contributed by atoms with Crippen LogP contribution in [-0.2, 0) is 11.2 Å². The van der Waals surface area contributed by atoms with Crippen molar-refractivity contribution in [3.05, 3.63) is 23.8 Å². The third-order valence-electron chi connectivity index (χ3n) is 3.90. The third-order valence-corrected chi connectivity index (χ3v) is 3.90. The van der Waals surface area contributed by atoms with Crippen molar-refractivity contribution >= 4 is 6.09 Å². The second-order valence-electron chi connectivity index (χ2n) is 6.93. The summed E-state index contributed by atoms with van der Waals surface area (Å²) < 4.78 is 16.2. The molecule has 1 amide bonds. The molecule has 0 unspecified atom stereocenters. The summed E-state index contributed by atoms with van der Waals surface area (Å²) in [6, 6.07) is 5.90. The summed E-state index contributed by atoms with van der Waals surface area (Å²) in [5.41, 5.74) is 0.602. The number of amides is 1. The van der Waals surface area contributed by atoms with Crippen LogP contribution in [0.15, 0.2) is 18.2 Å². The number of benzene rings is 1. The van der Waals surface area contributed by atoms with Crippen molar-refractivity contribution in [3.63, 3.8) is 0 Å². The van der Waals surface area contributed by atoms with Crippen molar-refractivity contribution in [2.24, 2.45) is 0 Å². The highest BCUT2D eigenvalue weighted by Crippen LogP contribution is 2.28. The zero-order valence-electron chi connectivity index (χ0n) is 15.2. The van der Waals surface area contributed by atoms with Gasteiger partial charge < -0.3 is 24.4 Å². The zero-order chi connectivity index (χ0) is 17.7. The summed E-state index contributed by atoms with van der Waals surface area (Å²) in [5, 5.41) is 3.35. The average Bonchev–Trinajstić information content (AvgIpc) is 2.53. The molecule has 1 aromatic rings. The molecule has 6 heteroatoms. The fraction of sp³-hybridized carbons (Fsp3) is 0.611. The summed E-state index contributed by atoms with van der Waals surface area (Å²) >= 11 is 0. The normalized spacial score (nSPS) is 18.2. The Hall–Kier alpha value is -1.95. The molecule has 1 aromatic carbocycles. The molecule has 2 rings (SSSR count). The summed E-state index contributed by atoms with van der Waals surface area (Å²) in [5.74, 6) is 1.40. The summed E-state index contributed by atoms with van der Waals surface area (Å²) in [6.07, 6.45) is 0.474. The minimum absolute atomic E-state index is 0.0479. The molecule has 1 fully saturated rings. The zero-order valence-corrected chi connectivity index (χ0v) is 15.2. The molecule has 1 atom stereocenters. The number of ether oxygens (including phenoxy) is 3. The van der Waals surface area contributed by atoms with E-state index in [0.717, 1.165) is 25.1 Å². The standard InChI is InChI=1S/C18H28N2O4/c1-18(2,3)24-17(21)20-9-8-19-12-14(20)10-13-6-7-15(22-4)16(11-13)23-5/h6-7,11,14,19H,8-10,12H2,1-5H3/t14-/m0/s1. The number of piperazine rings is 1. The Morgan fingerprint density at radius 2 is 1.96 bits per heavy atom. The molecule has 0 aromatic heterocycles. The quantitative estimate of drug-likeness (QED) is 0.915. The molecule has 1 aliphatic rings. The first-order chi connectivity index (χ1) is 11.3. The van der Waals surface area contributed by atoms with E-state index in [9.17, 15) is 4.79 Å². The predicted molar refractivity (Wildman–Crippen MR) is 92.8 cm³/mol. The van der Waals surface area contributed by atoms with Gasteiger partial charge in [0.25, 0.3) is 0 Å². The Kier molecular flexibility index (Phi) is 5.94. The van der Waals surface area contributed by atoms with Crippen LogP contribution in [0.3, 0.4) is 0 Å². The van der Waals surface area contributed by atoms with E-state index in [1.165, 1.54) is 0 Å². The van der Waals surface area contributed by atoms with Crippen LogP contribution in [0, 0.1) is 0 Å². The number of carbonyl (C=O) groups excluding carboxylic acids is 1. The lowest BCUT2D eigenvalue weighted by Gasteiger charge is -2.37. The maximum atomic E-state index is 12.5. The minimum Gasteiger partial charge on any atom is -0.493 e. The van der Waals surface area contributed by atoms with Gasteiger partial charge in [-0.15, -0.1) is 0 Å². The van der Waals surface area contributed by atoms with Crippen LogP contribution < -0.4 is 14.8 Å². The number of hydrogen-bond acceptors (Lipinski definition) is 5. The molecule has 1 heterocycles. The van der Waals surface area contributed by atoms with Crippen molar-refractivity contribution in [1.29, 1.82) is 0 Å². The van der Waals surface area contributed by atoms with Crippen molar-refractivity contribution in [2.45, 2.75) is 38.8 Å². The molecule has 24 heavy (non-hydrogen) atoms. The molecule has 0 bridgehead atoms. The molecule has 134 valence electrons. The Balaban J connectivity index is 2.12. The maximum absolute atomic E-state index is 12.5. The number of methoxy groups -OCH3 is 2. The van der Waals surface area contributed by atoms with Crippen LogP contribution in [0.1, 0.15) is 26.3 Å². The number of nitrogens with zero attached hydrogens (tertiary/aromatic N) is 1. The fourth-order valence-corrected chi connectivity index (χ4v) is 2.78. The number of rotatable bonds is 4. The van der Waals surface area contributed by atoms with E-state index in [1.807, 2.05) is 43.9 Å². The average molecular weight is 336 g/mol. The first-order valence-electron chi connectivity index (χ1n) is 8.25. The van der Waals surface area contributed by atoms with Crippen LogP contribution in [0.5, 0.6) is 11.5 Å². The van der Waals surface area contributed by atoms with Gasteiger partial charge in [-0.25, -0.2) is 4.79 Å². The highest BCUT2D eigenvalue weighted by molar-refractivity contribution is 5.69. The summed E-state index contributed by atoms with van der Waals surface area (Å²) in [4.78, 5) is 14.3. The summed E-state index contributed by atoms with van der Waals surface area (Å²) in [6.45, 7) is 7.82. The van der Waals surface area contributed by atoms with Gasteiger partial charge in [-0.2, -0.15) is 0 Å². The second-order valence-corrected chi connectivity index (χ2v) is 6.93. The van der Waals surface area contributed by atoms with Crippen LogP contribution in [0.25, 0.3) is 0 Å². The monoisotopic (exact) mass is 336 g/mol. The van der Waals surface area contributed by atoms with E-state index in [0.29, 0.717) is 18.0 Å². The van der Waals surface area contributed by atoms with Crippen molar-refractivity contribution in [2.75, 3.05) is 33.9 Å². The van der Waals surface area contributed by atoms with Crippen LogP contribution >= 0.6 is 0 Å². The number of carbonyl (C=O) groups is 1. The molecule has 0 radical (unpaired) electrons.